The van der Waals surface area contributed by atoms with Crippen LogP contribution in [0.15, 0.2) is 52.9 Å². The minimum atomic E-state index is -3.48. The molecule has 30 heavy (non-hydrogen) atoms. The van der Waals surface area contributed by atoms with Crippen LogP contribution in [0.25, 0.3) is 0 Å². The first kappa shape index (κ1) is 20.6. The molecular weight excluding hydrogens is 420 g/mol. The SMILES string of the molecule is Cc1ccc(OCC(=O)N2Cc3ccc(S(=O)(=O)Cc4nccs4)cc3C2)cc1C. The summed E-state index contributed by atoms with van der Waals surface area (Å²) in [5, 5.41) is 2.33. The van der Waals surface area contributed by atoms with Crippen LogP contribution in [0.2, 0.25) is 0 Å². The van der Waals surface area contributed by atoms with Crippen LogP contribution < -0.4 is 4.74 Å². The molecule has 2 aromatic carbocycles. The summed E-state index contributed by atoms with van der Waals surface area (Å²) >= 11 is 1.32. The van der Waals surface area contributed by atoms with Gasteiger partial charge in [0.25, 0.3) is 5.91 Å². The van der Waals surface area contributed by atoms with Gasteiger partial charge in [0.05, 0.1) is 4.90 Å². The fourth-order valence-corrected chi connectivity index (χ4v) is 5.65. The number of rotatable bonds is 6. The summed E-state index contributed by atoms with van der Waals surface area (Å²) in [5.41, 5.74) is 4.10. The Morgan fingerprint density at radius 2 is 1.90 bits per heavy atom. The maximum atomic E-state index is 12.7. The highest BCUT2D eigenvalue weighted by Crippen LogP contribution is 2.27. The van der Waals surface area contributed by atoms with E-state index in [-0.39, 0.29) is 23.2 Å². The van der Waals surface area contributed by atoms with Crippen LogP contribution in [0.1, 0.15) is 27.3 Å². The third-order valence-corrected chi connectivity index (χ3v) is 7.84. The molecule has 1 aliphatic rings. The second-order valence-corrected chi connectivity index (χ2v) is 10.4. The molecule has 0 unspecified atom stereocenters. The van der Waals surface area contributed by atoms with Crippen molar-refractivity contribution in [3.63, 3.8) is 0 Å². The normalized spacial score (nSPS) is 13.3. The number of nitrogens with zero attached hydrogens (tertiary/aromatic N) is 2. The first-order chi connectivity index (χ1) is 14.3. The summed E-state index contributed by atoms with van der Waals surface area (Å²) in [6, 6.07) is 10.8. The van der Waals surface area contributed by atoms with Crippen LogP contribution >= 0.6 is 11.3 Å². The molecule has 0 aliphatic carbocycles. The predicted molar refractivity (Wildman–Crippen MR) is 115 cm³/mol. The van der Waals surface area contributed by atoms with E-state index in [4.69, 9.17) is 4.74 Å². The molecule has 2 heterocycles. The highest BCUT2D eigenvalue weighted by Gasteiger charge is 2.26. The highest BCUT2D eigenvalue weighted by molar-refractivity contribution is 7.90. The Labute approximate surface area is 180 Å². The predicted octanol–water partition coefficient (Wildman–Crippen LogP) is 3.66. The van der Waals surface area contributed by atoms with E-state index in [9.17, 15) is 13.2 Å². The topological polar surface area (TPSA) is 76.6 Å². The fourth-order valence-electron chi connectivity index (χ4n) is 3.35. The molecule has 0 fully saturated rings. The molecule has 0 spiro atoms. The number of amides is 1. The van der Waals surface area contributed by atoms with Gasteiger partial charge in [-0.15, -0.1) is 11.3 Å². The fraction of sp³-hybridized carbons (Fsp3) is 0.273. The van der Waals surface area contributed by atoms with Crippen LogP contribution in [0.3, 0.4) is 0 Å². The monoisotopic (exact) mass is 442 g/mol. The lowest BCUT2D eigenvalue weighted by atomic mass is 10.1. The molecule has 0 saturated heterocycles. The van der Waals surface area contributed by atoms with Crippen molar-refractivity contribution in [2.45, 2.75) is 37.6 Å². The maximum Gasteiger partial charge on any atom is 0.261 e. The molecular formula is C22H22N2O4S2. The third-order valence-electron chi connectivity index (χ3n) is 5.25. The van der Waals surface area contributed by atoms with Crippen LogP contribution in [0.4, 0.5) is 0 Å². The number of hydrogen-bond acceptors (Lipinski definition) is 6. The van der Waals surface area contributed by atoms with E-state index in [1.165, 1.54) is 16.9 Å². The molecule has 0 bridgehead atoms. The Hall–Kier alpha value is -2.71. The quantitative estimate of drug-likeness (QED) is 0.582. The van der Waals surface area contributed by atoms with Gasteiger partial charge in [0.1, 0.15) is 16.5 Å². The molecule has 1 aromatic heterocycles. The summed E-state index contributed by atoms with van der Waals surface area (Å²) in [7, 11) is -3.48. The van der Waals surface area contributed by atoms with Gasteiger partial charge in [-0.05, 0) is 60.4 Å². The largest absolute Gasteiger partial charge is 0.484 e. The average molecular weight is 443 g/mol. The number of fused-ring (bicyclic) bond motifs is 1. The molecule has 0 saturated carbocycles. The van der Waals surface area contributed by atoms with Gasteiger partial charge >= 0.3 is 0 Å². The van der Waals surface area contributed by atoms with Crippen LogP contribution in [-0.2, 0) is 33.5 Å². The molecule has 0 N–H and O–H groups in total. The summed E-state index contributed by atoms with van der Waals surface area (Å²) < 4.78 is 31.0. The summed E-state index contributed by atoms with van der Waals surface area (Å²) in [5.74, 6) is 0.422. The summed E-state index contributed by atoms with van der Waals surface area (Å²) in [6.07, 6.45) is 1.60. The van der Waals surface area contributed by atoms with Crippen molar-refractivity contribution in [2.75, 3.05) is 6.61 Å². The Morgan fingerprint density at radius 3 is 2.63 bits per heavy atom. The zero-order valence-electron chi connectivity index (χ0n) is 16.8. The van der Waals surface area contributed by atoms with E-state index in [0.29, 0.717) is 23.8 Å². The van der Waals surface area contributed by atoms with E-state index >= 15 is 0 Å². The van der Waals surface area contributed by atoms with Crippen LogP contribution in [0.5, 0.6) is 5.75 Å². The molecule has 8 heteroatoms. The first-order valence-corrected chi connectivity index (χ1v) is 12.1. The Bertz CT molecular complexity index is 1190. The molecule has 3 aromatic rings. The zero-order valence-corrected chi connectivity index (χ0v) is 18.4. The lowest BCUT2D eigenvalue weighted by molar-refractivity contribution is -0.134. The average Bonchev–Trinajstić information content (AvgIpc) is 3.37. The lowest BCUT2D eigenvalue weighted by Gasteiger charge is -2.16. The van der Waals surface area contributed by atoms with Crippen molar-refractivity contribution in [1.82, 2.24) is 9.88 Å². The van der Waals surface area contributed by atoms with Crippen molar-refractivity contribution in [1.29, 1.82) is 0 Å². The molecule has 1 amide bonds. The number of carbonyl (C=O) groups is 1. The van der Waals surface area contributed by atoms with Gasteiger partial charge in [-0.3, -0.25) is 4.79 Å². The van der Waals surface area contributed by atoms with Gasteiger partial charge in [0.15, 0.2) is 16.4 Å². The van der Waals surface area contributed by atoms with Gasteiger partial charge in [0, 0.05) is 24.7 Å². The Balaban J connectivity index is 1.41. The van der Waals surface area contributed by atoms with Gasteiger partial charge in [-0.1, -0.05) is 12.1 Å². The number of carbonyl (C=O) groups excluding carboxylic acids is 1. The molecule has 0 atom stereocenters. The minimum Gasteiger partial charge on any atom is -0.484 e. The van der Waals surface area contributed by atoms with E-state index in [1.807, 2.05) is 32.0 Å². The second kappa shape index (κ2) is 8.20. The standard InChI is InChI=1S/C22H22N2O4S2/c1-15-3-5-19(9-16(15)2)28-13-22(25)24-11-17-4-6-20(10-18(17)12-24)30(26,27)14-21-23-7-8-29-21/h3-10H,11-14H2,1-2H3. The van der Waals surface area contributed by atoms with Crippen molar-refractivity contribution < 1.29 is 17.9 Å². The van der Waals surface area contributed by atoms with E-state index in [1.54, 1.807) is 34.7 Å². The summed E-state index contributed by atoms with van der Waals surface area (Å²) in [6.45, 7) is 4.81. The Morgan fingerprint density at radius 1 is 1.10 bits per heavy atom. The first-order valence-electron chi connectivity index (χ1n) is 9.52. The van der Waals surface area contributed by atoms with Crippen LogP contribution in [0, 0.1) is 13.8 Å². The van der Waals surface area contributed by atoms with Crippen LogP contribution in [-0.4, -0.2) is 30.8 Å². The van der Waals surface area contributed by atoms with Gasteiger partial charge < -0.3 is 9.64 Å². The number of thiazole rings is 1. The third kappa shape index (κ3) is 4.39. The molecule has 156 valence electrons. The minimum absolute atomic E-state index is 0.0499. The van der Waals surface area contributed by atoms with Crippen molar-refractivity contribution in [3.8, 4) is 5.75 Å². The summed E-state index contributed by atoms with van der Waals surface area (Å²) in [4.78, 5) is 18.6. The van der Waals surface area contributed by atoms with Gasteiger partial charge in [0.2, 0.25) is 0 Å². The van der Waals surface area contributed by atoms with E-state index < -0.39 is 9.84 Å². The van der Waals surface area contributed by atoms with Crippen molar-refractivity contribution in [2.24, 2.45) is 0 Å². The number of hydrogen-bond donors (Lipinski definition) is 0. The molecule has 1 aliphatic heterocycles. The van der Waals surface area contributed by atoms with Gasteiger partial charge in [-0.25, -0.2) is 13.4 Å². The number of aryl methyl sites for hydroxylation is 2. The zero-order chi connectivity index (χ0) is 21.3. The number of benzene rings is 2. The van der Waals surface area contributed by atoms with E-state index in [0.717, 1.165) is 16.7 Å². The number of aromatic nitrogens is 1. The Kier molecular flexibility index (Phi) is 5.62. The maximum absolute atomic E-state index is 12.7. The lowest BCUT2D eigenvalue weighted by Crippen LogP contribution is -2.30. The number of sulfone groups is 1. The molecule has 6 nitrogen and oxygen atoms in total. The smallest absolute Gasteiger partial charge is 0.261 e. The second-order valence-electron chi connectivity index (χ2n) is 7.40. The van der Waals surface area contributed by atoms with Crippen molar-refractivity contribution >= 4 is 27.1 Å². The molecule has 4 rings (SSSR count). The van der Waals surface area contributed by atoms with E-state index in [2.05, 4.69) is 4.98 Å². The highest BCUT2D eigenvalue weighted by atomic mass is 32.2. The van der Waals surface area contributed by atoms with Gasteiger partial charge in [-0.2, -0.15) is 0 Å². The molecule has 0 radical (unpaired) electrons. The number of ether oxygens (including phenoxy) is 1. The van der Waals surface area contributed by atoms with Crippen molar-refractivity contribution in [3.05, 3.63) is 75.2 Å².